The third kappa shape index (κ3) is 11.3. The summed E-state index contributed by atoms with van der Waals surface area (Å²) in [5.74, 6) is -8.66. The van der Waals surface area contributed by atoms with E-state index >= 15 is 0 Å². The van der Waals surface area contributed by atoms with Crippen molar-refractivity contribution in [2.24, 2.45) is 0 Å². The zero-order valence-electron chi connectivity index (χ0n) is 21.3. The molecule has 17 heteroatoms. The molecule has 0 saturated heterocycles. The second kappa shape index (κ2) is 14.4. The van der Waals surface area contributed by atoms with E-state index in [1.54, 1.807) is 5.32 Å². The number of carbonyl (C=O) groups excluding carboxylic acids is 2. The number of alkyl halides is 11. The summed E-state index contributed by atoms with van der Waals surface area (Å²) < 4.78 is 141. The molecule has 2 amide bonds. The van der Waals surface area contributed by atoms with Crippen LogP contribution in [0.25, 0.3) is 6.08 Å². The van der Waals surface area contributed by atoms with Crippen LogP contribution in [0.3, 0.4) is 0 Å². The number of hydrogen-bond donors (Lipinski definition) is 2. The molecule has 234 valence electrons. The van der Waals surface area contributed by atoms with Gasteiger partial charge in [-0.2, -0.15) is 48.3 Å². The van der Waals surface area contributed by atoms with E-state index in [1.165, 1.54) is 19.9 Å². The van der Waals surface area contributed by atoms with Crippen LogP contribution in [0.2, 0.25) is 10.0 Å². The summed E-state index contributed by atoms with van der Waals surface area (Å²) in [4.78, 5) is 20.6. The van der Waals surface area contributed by atoms with Crippen molar-refractivity contribution in [3.8, 4) is 0 Å². The Bertz CT molecular complexity index is 1240. The van der Waals surface area contributed by atoms with Crippen LogP contribution in [0, 0.1) is 6.92 Å². The fraction of sp³-hybridized carbons (Fsp3) is 0.360. The third-order valence-corrected chi connectivity index (χ3v) is 5.67. The lowest BCUT2D eigenvalue weighted by Crippen LogP contribution is -2.44. The van der Waals surface area contributed by atoms with Crippen molar-refractivity contribution >= 4 is 41.6 Å². The number of aryl methyl sites for hydroxylation is 1. The van der Waals surface area contributed by atoms with Crippen molar-refractivity contribution in [3.63, 3.8) is 0 Å². The molecule has 0 saturated carbocycles. The van der Waals surface area contributed by atoms with Crippen LogP contribution in [0.4, 0.5) is 48.3 Å². The summed E-state index contributed by atoms with van der Waals surface area (Å²) in [6.07, 6.45) is -13.5. The van der Waals surface area contributed by atoms with Gasteiger partial charge in [0.1, 0.15) is 12.6 Å². The van der Waals surface area contributed by atoms with Gasteiger partial charge in [0, 0.05) is 10.0 Å². The molecule has 0 bridgehead atoms. The normalized spacial score (nSPS) is 14.1. The minimum Gasteiger partial charge on any atom is -0.347 e. The van der Waals surface area contributed by atoms with E-state index in [4.69, 9.17) is 23.2 Å². The number of rotatable bonds is 8. The quantitative estimate of drug-likeness (QED) is 0.222. The molecule has 4 nitrogen and oxygen atoms in total. The van der Waals surface area contributed by atoms with Gasteiger partial charge in [0.2, 0.25) is 12.3 Å². The first-order chi connectivity index (χ1) is 19.0. The second-order valence-electron chi connectivity index (χ2n) is 8.57. The molecule has 2 unspecified atom stereocenters. The van der Waals surface area contributed by atoms with Crippen LogP contribution in [0.15, 0.2) is 42.5 Å². The van der Waals surface area contributed by atoms with Gasteiger partial charge in [-0.05, 0) is 54.8 Å². The highest BCUT2D eigenvalue weighted by molar-refractivity contribution is 6.34. The molecule has 0 fully saturated rings. The molecule has 0 aliphatic heterocycles. The summed E-state index contributed by atoms with van der Waals surface area (Å²) in [6, 6.07) is 4.90. The predicted octanol–water partition coefficient (Wildman–Crippen LogP) is 8.11. The van der Waals surface area contributed by atoms with E-state index in [-0.39, 0.29) is 27.6 Å². The van der Waals surface area contributed by atoms with Gasteiger partial charge in [-0.15, -0.1) is 0 Å². The zero-order valence-corrected chi connectivity index (χ0v) is 22.8. The lowest BCUT2D eigenvalue weighted by molar-refractivity contribution is -0.286. The molecule has 42 heavy (non-hydrogen) atoms. The Morgan fingerprint density at radius 3 is 1.90 bits per heavy atom. The fourth-order valence-electron chi connectivity index (χ4n) is 3.15. The average molecular weight is 661 g/mol. The molecule has 2 aromatic rings. The topological polar surface area (TPSA) is 58.2 Å². The van der Waals surface area contributed by atoms with Crippen LogP contribution in [-0.4, -0.2) is 43.2 Å². The van der Waals surface area contributed by atoms with Crippen molar-refractivity contribution in [3.05, 3.63) is 74.8 Å². The predicted molar refractivity (Wildman–Crippen MR) is 133 cm³/mol. The van der Waals surface area contributed by atoms with E-state index in [9.17, 15) is 57.9 Å². The molecular formula is C25H21Cl2F11N2O2. The molecule has 0 heterocycles. The number of benzene rings is 2. The number of amides is 2. The first kappa shape index (κ1) is 37.0. The van der Waals surface area contributed by atoms with E-state index < -0.39 is 60.0 Å². The Balaban J connectivity index is 0.000000572. The van der Waals surface area contributed by atoms with Gasteiger partial charge in [-0.1, -0.05) is 47.5 Å². The SMILES string of the molecule is CC(NC=O)C(=O)NCC(F)(F)F.Cc1ccc(/C=C/C(c2cc(Cl)cc(Cl)c2)C(F)(F)C(F)(F)F)cc1C(F)(F)F. The smallest absolute Gasteiger partial charge is 0.347 e. The molecular weight excluding hydrogens is 640 g/mol. The standard InChI is InChI=1S/C19H12Cl2F8.C6H9F3N2O2/c1-10-2-3-11(6-16(10)18(24,25)26)4-5-15(17(22,23)19(27,28)29)12-7-13(20)9-14(21)8-12;1-4(11-3-12)5(13)10-2-6(7,8)9/h2-9,15H,1H3;3-4H,2H2,1H3,(H,10,13)(H,11,12)/b5-4+;. The monoisotopic (exact) mass is 660 g/mol. The fourth-order valence-corrected chi connectivity index (χ4v) is 3.69. The number of hydrogen-bond acceptors (Lipinski definition) is 2. The van der Waals surface area contributed by atoms with E-state index in [1.807, 2.05) is 5.32 Å². The maximum absolute atomic E-state index is 14.1. The molecule has 0 radical (unpaired) electrons. The Labute approximate surface area is 241 Å². The first-order valence-electron chi connectivity index (χ1n) is 11.3. The summed E-state index contributed by atoms with van der Waals surface area (Å²) >= 11 is 11.4. The van der Waals surface area contributed by atoms with Crippen LogP contribution < -0.4 is 10.6 Å². The van der Waals surface area contributed by atoms with Crippen molar-refractivity contribution in [1.82, 2.24) is 10.6 Å². The molecule has 0 aromatic heterocycles. The summed E-state index contributed by atoms with van der Waals surface area (Å²) in [6.45, 7) is 1.09. The Morgan fingerprint density at radius 1 is 0.905 bits per heavy atom. The van der Waals surface area contributed by atoms with Crippen LogP contribution in [0.5, 0.6) is 0 Å². The van der Waals surface area contributed by atoms with Gasteiger partial charge in [0.15, 0.2) is 0 Å². The van der Waals surface area contributed by atoms with Crippen LogP contribution in [0.1, 0.15) is 35.1 Å². The van der Waals surface area contributed by atoms with Crippen LogP contribution >= 0.6 is 23.2 Å². The second-order valence-corrected chi connectivity index (χ2v) is 9.44. The maximum Gasteiger partial charge on any atom is 0.454 e. The highest BCUT2D eigenvalue weighted by atomic mass is 35.5. The van der Waals surface area contributed by atoms with Gasteiger partial charge < -0.3 is 10.6 Å². The lowest BCUT2D eigenvalue weighted by atomic mass is 9.90. The highest BCUT2D eigenvalue weighted by Gasteiger charge is 2.62. The maximum atomic E-state index is 14.1. The Morgan fingerprint density at radius 2 is 1.45 bits per heavy atom. The number of halogens is 13. The first-order valence-corrected chi connectivity index (χ1v) is 12.1. The molecule has 2 aromatic carbocycles. The molecule has 2 rings (SSSR count). The minimum atomic E-state index is -5.92. The molecule has 2 N–H and O–H groups in total. The highest BCUT2D eigenvalue weighted by Crippen LogP contribution is 2.47. The summed E-state index contributed by atoms with van der Waals surface area (Å²) in [5, 5.41) is 3.31. The third-order valence-electron chi connectivity index (χ3n) is 5.24. The lowest BCUT2D eigenvalue weighted by Gasteiger charge is -2.27. The van der Waals surface area contributed by atoms with Crippen molar-refractivity contribution in [2.75, 3.05) is 6.54 Å². The Kier molecular flexibility index (Phi) is 12.7. The van der Waals surface area contributed by atoms with Crippen LogP contribution in [-0.2, 0) is 15.8 Å². The summed E-state index contributed by atoms with van der Waals surface area (Å²) in [7, 11) is 0. The van der Waals surface area contributed by atoms with Gasteiger partial charge in [0.05, 0.1) is 11.5 Å². The number of nitrogens with one attached hydrogen (secondary N) is 2. The van der Waals surface area contributed by atoms with E-state index in [2.05, 4.69) is 0 Å². The van der Waals surface area contributed by atoms with Crippen molar-refractivity contribution in [2.45, 2.75) is 50.3 Å². The van der Waals surface area contributed by atoms with Gasteiger partial charge in [0.25, 0.3) is 0 Å². The zero-order chi connectivity index (χ0) is 32.7. The molecule has 0 aliphatic rings. The van der Waals surface area contributed by atoms with Crippen molar-refractivity contribution < 1.29 is 57.9 Å². The number of carbonyl (C=O) groups is 2. The van der Waals surface area contributed by atoms with Gasteiger partial charge >= 0.3 is 24.5 Å². The van der Waals surface area contributed by atoms with E-state index in [0.717, 1.165) is 30.3 Å². The van der Waals surface area contributed by atoms with Gasteiger partial charge in [-0.3, -0.25) is 9.59 Å². The minimum absolute atomic E-state index is 0.117. The van der Waals surface area contributed by atoms with Crippen molar-refractivity contribution in [1.29, 1.82) is 0 Å². The summed E-state index contributed by atoms with van der Waals surface area (Å²) in [5.41, 5.74) is -1.87. The van der Waals surface area contributed by atoms with Gasteiger partial charge in [-0.25, -0.2) is 0 Å². The number of allylic oxidation sites excluding steroid dienone is 1. The average Bonchev–Trinajstić information content (AvgIpc) is 2.81. The Hall–Kier alpha value is -3.07. The molecule has 2 atom stereocenters. The van der Waals surface area contributed by atoms with E-state index in [0.29, 0.717) is 12.1 Å². The molecule has 0 spiro atoms. The molecule has 0 aliphatic carbocycles. The largest absolute Gasteiger partial charge is 0.454 e.